The standard InChI is InChI=1S/C89H79BN2O/c1-85(2,3)62-40-45-77-69(53-62)70-54-63(86(4,5)6)41-46-78(70)91(77)66-42-44-75-73(55-66)89(71-35-22-24-37-81(71)93-82-38-25-23-36-72(82)89)74-49-61(60-47-64(87(7,8)9)52-65(48-60)88(10,11)12)51-80-83(74)90(75)76-43-39-59(56-27-16-13-17-28-56)50-79(76)92(80)84-67(57-29-18-14-19-30-57)33-26-34-68(84)58-31-20-15-21-32-58/h13-55H,1-12H3/i13D,16D,17D,27D,28D. The van der Waals surface area contributed by atoms with Gasteiger partial charge in [0.25, 0.3) is 0 Å². The predicted octanol–water partition coefficient (Wildman–Crippen LogP) is 21.7. The third kappa shape index (κ3) is 9.29. The average Bonchev–Trinajstić information content (AvgIpc) is 0.759. The van der Waals surface area contributed by atoms with Gasteiger partial charge in [-0.25, -0.2) is 0 Å². The van der Waals surface area contributed by atoms with Crippen LogP contribution in [0.5, 0.6) is 11.5 Å². The van der Waals surface area contributed by atoms with Crippen molar-refractivity contribution in [2.45, 2.75) is 110 Å². The highest BCUT2D eigenvalue weighted by Crippen LogP contribution is 2.59. The second-order valence-corrected chi connectivity index (χ2v) is 30.1. The first-order valence-electron chi connectivity index (χ1n) is 35.4. The number of aromatic nitrogens is 1. The molecule has 0 saturated carbocycles. The van der Waals surface area contributed by atoms with Gasteiger partial charge in [0.15, 0.2) is 0 Å². The van der Waals surface area contributed by atoms with Crippen LogP contribution in [0.2, 0.25) is 0 Å². The minimum Gasteiger partial charge on any atom is -0.457 e. The Balaban J connectivity index is 1.12. The Bertz CT molecular complexity index is 5250. The van der Waals surface area contributed by atoms with Crippen molar-refractivity contribution in [3.63, 3.8) is 0 Å². The molecule has 0 N–H and O–H groups in total. The Morgan fingerprint density at radius 2 is 0.871 bits per heavy atom. The van der Waals surface area contributed by atoms with Gasteiger partial charge in [-0.05, 0) is 166 Å². The molecule has 0 fully saturated rings. The summed E-state index contributed by atoms with van der Waals surface area (Å²) in [6.07, 6.45) is 0. The third-order valence-electron chi connectivity index (χ3n) is 20.2. The van der Waals surface area contributed by atoms with Crippen molar-refractivity contribution in [2.75, 3.05) is 4.90 Å². The van der Waals surface area contributed by atoms with Crippen LogP contribution in [0.15, 0.2) is 261 Å². The average molecular weight is 1210 g/mol. The minimum atomic E-state index is -1.03. The number of anilines is 3. The summed E-state index contributed by atoms with van der Waals surface area (Å²) in [5, 5.41) is 2.42. The van der Waals surface area contributed by atoms with Crippen molar-refractivity contribution in [1.82, 2.24) is 4.57 Å². The highest BCUT2D eigenvalue weighted by Gasteiger charge is 2.55. The molecule has 16 rings (SSSR count). The maximum absolute atomic E-state index is 9.58. The number of hydrogen-bond acceptors (Lipinski definition) is 2. The summed E-state index contributed by atoms with van der Waals surface area (Å²) in [6.45, 7) is 27.2. The molecule has 0 radical (unpaired) electrons. The van der Waals surface area contributed by atoms with Crippen LogP contribution in [-0.2, 0) is 27.1 Å². The van der Waals surface area contributed by atoms with Gasteiger partial charge in [0, 0.05) is 50.1 Å². The smallest absolute Gasteiger partial charge is 0.247 e. The Morgan fingerprint density at radius 3 is 1.42 bits per heavy atom. The van der Waals surface area contributed by atoms with Gasteiger partial charge in [-0.2, -0.15) is 0 Å². The molecule has 0 bridgehead atoms. The zero-order valence-corrected chi connectivity index (χ0v) is 55.3. The second kappa shape index (κ2) is 21.1. The molecule has 0 saturated heterocycles. The van der Waals surface area contributed by atoms with Crippen molar-refractivity contribution in [1.29, 1.82) is 0 Å². The zero-order valence-electron chi connectivity index (χ0n) is 60.3. The Labute approximate surface area is 557 Å². The number of benzene rings is 12. The fraction of sp³-hybridized carbons (Fsp3) is 0.191. The van der Waals surface area contributed by atoms with Crippen molar-refractivity contribution < 1.29 is 11.6 Å². The van der Waals surface area contributed by atoms with E-state index in [4.69, 9.17) is 8.85 Å². The van der Waals surface area contributed by atoms with Gasteiger partial charge >= 0.3 is 0 Å². The maximum atomic E-state index is 9.58. The van der Waals surface area contributed by atoms with Gasteiger partial charge in [0.05, 0.1) is 29.0 Å². The first kappa shape index (κ1) is 52.7. The highest BCUT2D eigenvalue weighted by molar-refractivity contribution is 6.99. The summed E-state index contributed by atoms with van der Waals surface area (Å²) < 4.78 is 55.8. The first-order chi connectivity index (χ1) is 46.7. The van der Waals surface area contributed by atoms with E-state index < -0.39 is 18.2 Å². The SMILES string of the molecule is [2H]c1c([2H])c([2H])c(-c2ccc3c(c2)N(c2c(-c4ccccc4)cccc2-c2ccccc2)c2cc(-c4cc(C(C)(C)C)cc(C(C)(C)C)c4)cc4c2B3c2ccc(-n3c5ccc(C(C)(C)C)cc5c5cc(C(C)(C)C)ccc53)cc2C42c3ccccc3Oc3ccccc32)c([2H])c1[2H]. The van der Waals surface area contributed by atoms with Crippen LogP contribution in [0.3, 0.4) is 0 Å². The Morgan fingerprint density at radius 1 is 0.366 bits per heavy atom. The topological polar surface area (TPSA) is 17.4 Å². The lowest BCUT2D eigenvalue weighted by Gasteiger charge is -2.50. The summed E-state index contributed by atoms with van der Waals surface area (Å²) >= 11 is 0. The van der Waals surface area contributed by atoms with Gasteiger partial charge < -0.3 is 14.2 Å². The summed E-state index contributed by atoms with van der Waals surface area (Å²) in [7, 11) is 0. The molecule has 0 unspecified atom stereocenters. The lowest BCUT2D eigenvalue weighted by atomic mass is 9.29. The van der Waals surface area contributed by atoms with E-state index in [1.807, 2.05) is 6.07 Å². The quantitative estimate of drug-likeness (QED) is 0.154. The number of nitrogens with zero attached hydrogens (tertiary/aromatic N) is 2. The summed E-state index contributed by atoms with van der Waals surface area (Å²) in [6, 6.07) is 83.5. The van der Waals surface area contributed by atoms with Crippen LogP contribution in [0, 0.1) is 0 Å². The number of ether oxygens (including phenoxy) is 1. The number of hydrogen-bond donors (Lipinski definition) is 0. The Hall–Kier alpha value is -9.90. The van der Waals surface area contributed by atoms with E-state index in [1.165, 1.54) is 33.0 Å². The summed E-state index contributed by atoms with van der Waals surface area (Å²) in [5.41, 5.74) is 23.8. The number of rotatable bonds is 6. The fourth-order valence-corrected chi connectivity index (χ4v) is 15.3. The van der Waals surface area contributed by atoms with E-state index in [0.29, 0.717) is 5.56 Å². The molecule has 4 heterocycles. The molecule has 1 spiro atoms. The minimum absolute atomic E-state index is 0.0895. The van der Waals surface area contributed by atoms with E-state index in [0.717, 1.165) is 117 Å². The molecule has 93 heavy (non-hydrogen) atoms. The normalized spacial score (nSPS) is 14.7. The molecule has 1 aromatic heterocycles. The van der Waals surface area contributed by atoms with Crippen LogP contribution in [0.4, 0.5) is 17.1 Å². The van der Waals surface area contributed by atoms with Crippen molar-refractivity contribution in [2.24, 2.45) is 0 Å². The van der Waals surface area contributed by atoms with Gasteiger partial charge in [-0.1, -0.05) is 283 Å². The first-order valence-corrected chi connectivity index (χ1v) is 32.9. The van der Waals surface area contributed by atoms with Gasteiger partial charge in [-0.15, -0.1) is 0 Å². The van der Waals surface area contributed by atoms with Crippen molar-refractivity contribution >= 4 is 62.0 Å². The van der Waals surface area contributed by atoms with Crippen molar-refractivity contribution in [3.8, 4) is 61.7 Å². The van der Waals surface area contributed by atoms with E-state index in [9.17, 15) is 2.74 Å². The molecule has 0 amide bonds. The van der Waals surface area contributed by atoms with Crippen molar-refractivity contribution in [3.05, 3.63) is 305 Å². The molecule has 0 aliphatic carbocycles. The number of fused-ring (bicyclic) bond motifs is 13. The predicted molar refractivity (Wildman–Crippen MR) is 395 cm³/mol. The largest absolute Gasteiger partial charge is 0.457 e. The van der Waals surface area contributed by atoms with Crippen LogP contribution in [0.1, 0.15) is 134 Å². The molecule has 454 valence electrons. The van der Waals surface area contributed by atoms with E-state index >= 15 is 0 Å². The molecule has 3 aliphatic rings. The molecule has 0 atom stereocenters. The van der Waals surface area contributed by atoms with Crippen LogP contribution in [0.25, 0.3) is 72.0 Å². The molecule has 12 aromatic carbocycles. The Kier molecular flexibility index (Phi) is 11.9. The van der Waals surface area contributed by atoms with Gasteiger partial charge in [-0.3, -0.25) is 0 Å². The molecule has 13 aromatic rings. The van der Waals surface area contributed by atoms with Crippen LogP contribution < -0.4 is 26.0 Å². The molecule has 3 nitrogen and oxygen atoms in total. The lowest BCUT2D eigenvalue weighted by molar-refractivity contribution is 0.435. The molecule has 4 heteroatoms. The number of para-hydroxylation sites is 3. The second-order valence-electron chi connectivity index (χ2n) is 30.1. The fourth-order valence-electron chi connectivity index (χ4n) is 15.3. The molecular weight excluding hydrogens is 1120 g/mol. The van der Waals surface area contributed by atoms with Crippen LogP contribution >= 0.6 is 0 Å². The summed E-state index contributed by atoms with van der Waals surface area (Å²) in [5.74, 6) is 1.56. The van der Waals surface area contributed by atoms with E-state index in [2.05, 4.69) is 317 Å². The maximum Gasteiger partial charge on any atom is 0.247 e. The third-order valence-corrected chi connectivity index (χ3v) is 20.2. The van der Waals surface area contributed by atoms with E-state index in [-0.39, 0.29) is 51.4 Å². The molecular formula is C89H79BN2O. The van der Waals surface area contributed by atoms with E-state index in [1.54, 1.807) is 0 Å². The van der Waals surface area contributed by atoms with Gasteiger partial charge in [0.2, 0.25) is 6.71 Å². The van der Waals surface area contributed by atoms with Crippen LogP contribution in [-0.4, -0.2) is 11.3 Å². The monoisotopic (exact) mass is 1210 g/mol. The van der Waals surface area contributed by atoms with Gasteiger partial charge in [0.1, 0.15) is 11.5 Å². The zero-order chi connectivity index (χ0) is 68.4. The highest BCUT2D eigenvalue weighted by atomic mass is 16.5. The molecule has 3 aliphatic heterocycles. The summed E-state index contributed by atoms with van der Waals surface area (Å²) in [4.78, 5) is 2.48. The lowest BCUT2D eigenvalue weighted by Crippen LogP contribution is -2.65.